The van der Waals surface area contributed by atoms with Crippen LogP contribution in [0.25, 0.3) is 0 Å². The van der Waals surface area contributed by atoms with Crippen molar-refractivity contribution in [2.45, 2.75) is 0 Å². The molecule has 0 unspecified atom stereocenters. The molecule has 1 aliphatic rings. The van der Waals surface area contributed by atoms with Gasteiger partial charge in [-0.05, 0) is 18.2 Å². The second-order valence-corrected chi connectivity index (χ2v) is 4.72. The van der Waals surface area contributed by atoms with E-state index in [4.69, 9.17) is 26.8 Å². The van der Waals surface area contributed by atoms with Crippen molar-refractivity contribution in [2.75, 3.05) is 32.9 Å². The van der Waals surface area contributed by atoms with E-state index < -0.39 is 5.91 Å². The summed E-state index contributed by atoms with van der Waals surface area (Å²) in [6.45, 7) is 1.96. The number of morpholine rings is 1. The summed E-state index contributed by atoms with van der Waals surface area (Å²) in [7, 11) is 0. The number of hydrogen-bond donors (Lipinski definition) is 1. The highest BCUT2D eigenvalue weighted by molar-refractivity contribution is 6.30. The van der Waals surface area contributed by atoms with Gasteiger partial charge in [-0.2, -0.15) is 0 Å². The number of carbonyl (C=O) groups excluding carboxylic acids is 2. The van der Waals surface area contributed by atoms with E-state index in [0.717, 1.165) is 0 Å². The highest BCUT2D eigenvalue weighted by Crippen LogP contribution is 2.23. The summed E-state index contributed by atoms with van der Waals surface area (Å²) in [5, 5.41) is 0.406. The zero-order chi connectivity index (χ0) is 14.5. The van der Waals surface area contributed by atoms with Crippen molar-refractivity contribution in [2.24, 2.45) is 5.73 Å². The first-order chi connectivity index (χ1) is 9.58. The lowest BCUT2D eigenvalue weighted by Gasteiger charge is -2.26. The van der Waals surface area contributed by atoms with Crippen molar-refractivity contribution in [1.29, 1.82) is 0 Å². The third-order valence-corrected chi connectivity index (χ3v) is 3.16. The number of benzene rings is 1. The van der Waals surface area contributed by atoms with Crippen LogP contribution in [0.1, 0.15) is 10.4 Å². The molecular formula is C13H15ClN2O4. The first-order valence-corrected chi connectivity index (χ1v) is 6.53. The van der Waals surface area contributed by atoms with Gasteiger partial charge in [0.25, 0.3) is 11.8 Å². The molecule has 6 nitrogen and oxygen atoms in total. The van der Waals surface area contributed by atoms with Crippen molar-refractivity contribution >= 4 is 23.4 Å². The van der Waals surface area contributed by atoms with Crippen molar-refractivity contribution in [3.05, 3.63) is 28.8 Å². The van der Waals surface area contributed by atoms with Gasteiger partial charge in [0.2, 0.25) is 0 Å². The van der Waals surface area contributed by atoms with Gasteiger partial charge in [-0.3, -0.25) is 9.59 Å². The molecule has 0 atom stereocenters. The number of carbonyl (C=O) groups is 2. The number of primary amides is 1. The van der Waals surface area contributed by atoms with Crippen LogP contribution in [-0.2, 0) is 9.53 Å². The predicted octanol–water partition coefficient (Wildman–Crippen LogP) is 0.676. The van der Waals surface area contributed by atoms with Gasteiger partial charge in [0, 0.05) is 18.1 Å². The molecule has 0 aromatic heterocycles. The maximum absolute atomic E-state index is 11.9. The molecule has 0 saturated carbocycles. The minimum Gasteiger partial charge on any atom is -0.483 e. The fourth-order valence-corrected chi connectivity index (χ4v) is 2.02. The number of hydrogen-bond acceptors (Lipinski definition) is 4. The number of nitrogens with zero attached hydrogens (tertiary/aromatic N) is 1. The average molecular weight is 299 g/mol. The highest BCUT2D eigenvalue weighted by Gasteiger charge is 2.18. The summed E-state index contributed by atoms with van der Waals surface area (Å²) in [5.41, 5.74) is 5.44. The largest absolute Gasteiger partial charge is 0.483 e. The first-order valence-electron chi connectivity index (χ1n) is 6.15. The maximum atomic E-state index is 11.9. The van der Waals surface area contributed by atoms with Gasteiger partial charge in [-0.25, -0.2) is 0 Å². The second kappa shape index (κ2) is 6.58. The number of halogens is 1. The second-order valence-electron chi connectivity index (χ2n) is 4.29. The normalized spacial score (nSPS) is 14.9. The van der Waals surface area contributed by atoms with Crippen molar-refractivity contribution in [1.82, 2.24) is 4.90 Å². The fourth-order valence-electron chi connectivity index (χ4n) is 1.86. The molecule has 2 amide bonds. The molecule has 2 N–H and O–H groups in total. The van der Waals surface area contributed by atoms with Crippen LogP contribution in [0.15, 0.2) is 18.2 Å². The van der Waals surface area contributed by atoms with Gasteiger partial charge in [0.15, 0.2) is 6.61 Å². The summed E-state index contributed by atoms with van der Waals surface area (Å²) < 4.78 is 10.5. The molecule has 0 radical (unpaired) electrons. The van der Waals surface area contributed by atoms with E-state index in [1.165, 1.54) is 18.2 Å². The highest BCUT2D eigenvalue weighted by atomic mass is 35.5. The number of ether oxygens (including phenoxy) is 2. The monoisotopic (exact) mass is 298 g/mol. The van der Waals surface area contributed by atoms with Crippen molar-refractivity contribution in [3.63, 3.8) is 0 Å². The summed E-state index contributed by atoms with van der Waals surface area (Å²) in [4.78, 5) is 24.9. The van der Waals surface area contributed by atoms with Gasteiger partial charge < -0.3 is 20.1 Å². The summed E-state index contributed by atoms with van der Waals surface area (Å²) >= 11 is 5.84. The molecule has 7 heteroatoms. The van der Waals surface area contributed by atoms with E-state index in [-0.39, 0.29) is 23.8 Å². The van der Waals surface area contributed by atoms with Gasteiger partial charge in [-0.15, -0.1) is 0 Å². The lowest BCUT2D eigenvalue weighted by atomic mass is 10.2. The van der Waals surface area contributed by atoms with Gasteiger partial charge >= 0.3 is 0 Å². The molecule has 0 aliphatic carbocycles. The SMILES string of the molecule is NC(=O)c1ccc(Cl)cc1OCC(=O)N1CCOCC1. The Labute approximate surface area is 121 Å². The molecule has 0 bridgehead atoms. The zero-order valence-electron chi connectivity index (χ0n) is 10.8. The smallest absolute Gasteiger partial charge is 0.260 e. The predicted molar refractivity (Wildman–Crippen MR) is 72.9 cm³/mol. The molecule has 20 heavy (non-hydrogen) atoms. The Morgan fingerprint density at radius 2 is 2.05 bits per heavy atom. The minimum absolute atomic E-state index is 0.163. The Kier molecular flexibility index (Phi) is 4.81. The summed E-state index contributed by atoms with van der Waals surface area (Å²) in [6.07, 6.45) is 0. The van der Waals surface area contributed by atoms with Crippen LogP contribution in [0.2, 0.25) is 5.02 Å². The molecular weight excluding hydrogens is 284 g/mol. The molecule has 1 saturated heterocycles. The molecule has 1 aromatic rings. The first kappa shape index (κ1) is 14.6. The molecule has 0 spiro atoms. The van der Waals surface area contributed by atoms with E-state index in [1.54, 1.807) is 4.90 Å². The van der Waals surface area contributed by atoms with Crippen LogP contribution in [0.3, 0.4) is 0 Å². The summed E-state index contributed by atoms with van der Waals surface area (Å²) in [6, 6.07) is 4.48. The van der Waals surface area contributed by atoms with Gasteiger partial charge in [0.1, 0.15) is 5.75 Å². The number of rotatable bonds is 4. The zero-order valence-corrected chi connectivity index (χ0v) is 11.6. The van der Waals surface area contributed by atoms with Crippen molar-refractivity contribution < 1.29 is 19.1 Å². The number of nitrogens with two attached hydrogens (primary N) is 1. The van der Waals surface area contributed by atoms with E-state index >= 15 is 0 Å². The Balaban J connectivity index is 2.01. The van der Waals surface area contributed by atoms with Crippen LogP contribution in [0.5, 0.6) is 5.75 Å². The Morgan fingerprint density at radius 1 is 1.35 bits per heavy atom. The molecule has 2 rings (SSSR count). The van der Waals surface area contributed by atoms with Gasteiger partial charge in [0.05, 0.1) is 18.8 Å². The Hall–Kier alpha value is -1.79. The molecule has 1 heterocycles. The van der Waals surface area contributed by atoms with E-state index in [2.05, 4.69) is 0 Å². The van der Waals surface area contributed by atoms with Crippen LogP contribution in [-0.4, -0.2) is 49.6 Å². The Morgan fingerprint density at radius 3 is 2.70 bits per heavy atom. The minimum atomic E-state index is -0.629. The Bertz CT molecular complexity index is 515. The topological polar surface area (TPSA) is 81.9 Å². The molecule has 108 valence electrons. The van der Waals surface area contributed by atoms with E-state index in [0.29, 0.717) is 31.3 Å². The summed E-state index contributed by atoms with van der Waals surface area (Å²) in [5.74, 6) is -0.578. The van der Waals surface area contributed by atoms with E-state index in [9.17, 15) is 9.59 Å². The van der Waals surface area contributed by atoms with Crippen LogP contribution < -0.4 is 10.5 Å². The standard InChI is InChI=1S/C13H15ClN2O4/c14-9-1-2-10(13(15)18)11(7-9)20-8-12(17)16-3-5-19-6-4-16/h1-2,7H,3-6,8H2,(H2,15,18). The van der Waals surface area contributed by atoms with Gasteiger partial charge in [-0.1, -0.05) is 11.6 Å². The van der Waals surface area contributed by atoms with Crippen molar-refractivity contribution in [3.8, 4) is 5.75 Å². The average Bonchev–Trinajstić information content (AvgIpc) is 2.45. The third kappa shape index (κ3) is 3.61. The lowest BCUT2D eigenvalue weighted by Crippen LogP contribution is -2.43. The quantitative estimate of drug-likeness (QED) is 0.886. The van der Waals surface area contributed by atoms with Crippen LogP contribution >= 0.6 is 11.6 Å². The van der Waals surface area contributed by atoms with Crippen LogP contribution in [0, 0.1) is 0 Å². The number of amides is 2. The molecule has 1 fully saturated rings. The lowest BCUT2D eigenvalue weighted by molar-refractivity contribution is -0.137. The van der Waals surface area contributed by atoms with Crippen LogP contribution in [0.4, 0.5) is 0 Å². The fraction of sp³-hybridized carbons (Fsp3) is 0.385. The molecule has 1 aliphatic heterocycles. The van der Waals surface area contributed by atoms with E-state index in [1.807, 2.05) is 0 Å². The molecule has 1 aromatic carbocycles. The maximum Gasteiger partial charge on any atom is 0.260 e. The third-order valence-electron chi connectivity index (χ3n) is 2.92.